The number of nitrogens with zero attached hydrogens (tertiary/aromatic N) is 2. The number of rotatable bonds is 12. The van der Waals surface area contributed by atoms with Gasteiger partial charge in [-0.25, -0.2) is 8.42 Å². The fraction of sp³-hybridized carbons (Fsp3) is 0.938. The van der Waals surface area contributed by atoms with E-state index in [-0.39, 0.29) is 35.5 Å². The Morgan fingerprint density at radius 1 is 1.17 bits per heavy atom. The number of aliphatic imine (C=N–C) groups is 1. The van der Waals surface area contributed by atoms with Gasteiger partial charge in [0, 0.05) is 18.3 Å². The standard InChI is InChI=1S/C16H36N4O2S.HI/c1-6-17-16(18-12-14-23(21,22)9-4)19-15(5)11-10-13-20(7-2)8-3;/h15H,6-14H2,1-5H3,(H2,17,18,19);1H. The molecule has 1 atom stereocenters. The minimum atomic E-state index is -2.96. The van der Waals surface area contributed by atoms with Gasteiger partial charge < -0.3 is 15.5 Å². The molecule has 0 aliphatic heterocycles. The molecule has 0 rings (SSSR count). The maximum absolute atomic E-state index is 11.5. The molecule has 0 aromatic rings. The SMILES string of the molecule is CCNC(=NCCS(=O)(=O)CC)NC(C)CCCN(CC)CC.I. The average Bonchev–Trinajstić information content (AvgIpc) is 2.51. The van der Waals surface area contributed by atoms with Gasteiger partial charge in [-0.15, -0.1) is 24.0 Å². The second-order valence-corrected chi connectivity index (χ2v) is 8.18. The number of guanidine groups is 1. The third kappa shape index (κ3) is 13.2. The minimum absolute atomic E-state index is 0. The quantitative estimate of drug-likeness (QED) is 0.257. The highest BCUT2D eigenvalue weighted by atomic mass is 127. The summed E-state index contributed by atoms with van der Waals surface area (Å²) in [6.07, 6.45) is 2.20. The Morgan fingerprint density at radius 3 is 2.29 bits per heavy atom. The van der Waals surface area contributed by atoms with Crippen LogP contribution in [0.3, 0.4) is 0 Å². The van der Waals surface area contributed by atoms with Gasteiger partial charge in [0.05, 0.1) is 12.3 Å². The van der Waals surface area contributed by atoms with E-state index in [0.29, 0.717) is 18.5 Å². The molecule has 0 aromatic heterocycles. The van der Waals surface area contributed by atoms with Gasteiger partial charge in [-0.2, -0.15) is 0 Å². The van der Waals surface area contributed by atoms with Gasteiger partial charge >= 0.3 is 0 Å². The van der Waals surface area contributed by atoms with Gasteiger partial charge in [0.25, 0.3) is 0 Å². The Hall–Kier alpha value is -0.0900. The summed E-state index contributed by atoms with van der Waals surface area (Å²) in [5.41, 5.74) is 0. The van der Waals surface area contributed by atoms with E-state index < -0.39 is 9.84 Å². The maximum Gasteiger partial charge on any atom is 0.191 e. The molecule has 2 N–H and O–H groups in total. The zero-order valence-electron chi connectivity index (χ0n) is 16.0. The molecule has 0 aromatic carbocycles. The second-order valence-electron chi connectivity index (χ2n) is 5.71. The molecule has 0 fully saturated rings. The topological polar surface area (TPSA) is 73.8 Å². The Balaban J connectivity index is 0. The summed E-state index contributed by atoms with van der Waals surface area (Å²) in [7, 11) is -2.96. The van der Waals surface area contributed by atoms with Crippen molar-refractivity contribution < 1.29 is 8.42 Å². The Labute approximate surface area is 166 Å². The monoisotopic (exact) mass is 476 g/mol. The number of sulfone groups is 1. The van der Waals surface area contributed by atoms with Gasteiger partial charge in [0.1, 0.15) is 0 Å². The van der Waals surface area contributed by atoms with E-state index in [4.69, 9.17) is 0 Å². The van der Waals surface area contributed by atoms with Crippen molar-refractivity contribution in [1.29, 1.82) is 0 Å². The summed E-state index contributed by atoms with van der Waals surface area (Å²) in [6, 6.07) is 0.311. The van der Waals surface area contributed by atoms with E-state index in [2.05, 4.69) is 41.3 Å². The van der Waals surface area contributed by atoms with Gasteiger partial charge in [0.15, 0.2) is 15.8 Å². The lowest BCUT2D eigenvalue weighted by Crippen LogP contribution is -2.42. The van der Waals surface area contributed by atoms with Crippen LogP contribution in [0.2, 0.25) is 0 Å². The van der Waals surface area contributed by atoms with Crippen molar-refractivity contribution in [2.24, 2.45) is 4.99 Å². The highest BCUT2D eigenvalue weighted by Crippen LogP contribution is 2.00. The van der Waals surface area contributed by atoms with Crippen molar-refractivity contribution in [3.05, 3.63) is 0 Å². The van der Waals surface area contributed by atoms with Crippen LogP contribution in [0.4, 0.5) is 0 Å². The molecule has 146 valence electrons. The van der Waals surface area contributed by atoms with Crippen molar-refractivity contribution in [3.63, 3.8) is 0 Å². The van der Waals surface area contributed by atoms with Crippen molar-refractivity contribution in [3.8, 4) is 0 Å². The fourth-order valence-corrected chi connectivity index (χ4v) is 2.89. The summed E-state index contributed by atoms with van der Waals surface area (Å²) in [5.74, 6) is 0.985. The van der Waals surface area contributed by atoms with E-state index >= 15 is 0 Å². The largest absolute Gasteiger partial charge is 0.357 e. The Morgan fingerprint density at radius 2 is 1.79 bits per heavy atom. The second kappa shape index (κ2) is 15.2. The van der Waals surface area contributed by atoms with Crippen LogP contribution in [0.25, 0.3) is 0 Å². The first-order chi connectivity index (χ1) is 10.9. The molecule has 0 amide bonds. The van der Waals surface area contributed by atoms with Gasteiger partial charge in [-0.05, 0) is 46.3 Å². The molecule has 0 bridgehead atoms. The van der Waals surface area contributed by atoms with Crippen molar-refractivity contribution >= 4 is 39.8 Å². The zero-order valence-corrected chi connectivity index (χ0v) is 19.1. The maximum atomic E-state index is 11.5. The van der Waals surface area contributed by atoms with E-state index in [1.54, 1.807) is 6.92 Å². The zero-order chi connectivity index (χ0) is 17.7. The van der Waals surface area contributed by atoms with Crippen LogP contribution in [-0.4, -0.2) is 69.5 Å². The number of hydrogen-bond acceptors (Lipinski definition) is 4. The van der Waals surface area contributed by atoms with E-state index in [9.17, 15) is 8.42 Å². The van der Waals surface area contributed by atoms with Gasteiger partial charge in [-0.3, -0.25) is 4.99 Å². The molecule has 0 aliphatic carbocycles. The summed E-state index contributed by atoms with van der Waals surface area (Å²) in [6.45, 7) is 14.5. The minimum Gasteiger partial charge on any atom is -0.357 e. The molecule has 24 heavy (non-hydrogen) atoms. The molecule has 0 saturated heterocycles. The van der Waals surface area contributed by atoms with Crippen LogP contribution >= 0.6 is 24.0 Å². The lowest BCUT2D eigenvalue weighted by molar-refractivity contribution is 0.292. The number of halogens is 1. The number of nitrogens with one attached hydrogen (secondary N) is 2. The Bertz CT molecular complexity index is 426. The molecule has 0 spiro atoms. The summed E-state index contributed by atoms with van der Waals surface area (Å²) < 4.78 is 23.0. The van der Waals surface area contributed by atoms with Gasteiger partial charge in [0.2, 0.25) is 0 Å². The molecule has 0 radical (unpaired) electrons. The van der Waals surface area contributed by atoms with E-state index in [1.165, 1.54) is 0 Å². The third-order valence-electron chi connectivity index (χ3n) is 3.85. The molecule has 0 aliphatic rings. The summed E-state index contributed by atoms with van der Waals surface area (Å²) in [4.78, 5) is 6.79. The summed E-state index contributed by atoms with van der Waals surface area (Å²) >= 11 is 0. The smallest absolute Gasteiger partial charge is 0.191 e. The lowest BCUT2D eigenvalue weighted by Gasteiger charge is -2.21. The fourth-order valence-electron chi connectivity index (χ4n) is 2.23. The molecule has 8 heteroatoms. The van der Waals surface area contributed by atoms with Crippen LogP contribution in [0.1, 0.15) is 47.5 Å². The third-order valence-corrected chi connectivity index (χ3v) is 5.53. The van der Waals surface area contributed by atoms with Crippen LogP contribution < -0.4 is 10.6 Å². The lowest BCUT2D eigenvalue weighted by atomic mass is 10.2. The highest BCUT2D eigenvalue weighted by Gasteiger charge is 2.09. The molecule has 0 saturated carbocycles. The first-order valence-electron chi connectivity index (χ1n) is 8.86. The van der Waals surface area contributed by atoms with Crippen LogP contribution in [0.5, 0.6) is 0 Å². The van der Waals surface area contributed by atoms with E-state index in [1.807, 2.05) is 6.92 Å². The van der Waals surface area contributed by atoms with Crippen LogP contribution in [0, 0.1) is 0 Å². The normalized spacial score (nSPS) is 13.5. The molecule has 6 nitrogen and oxygen atoms in total. The number of hydrogen-bond donors (Lipinski definition) is 2. The van der Waals surface area contributed by atoms with E-state index in [0.717, 1.165) is 39.0 Å². The summed E-state index contributed by atoms with van der Waals surface area (Å²) in [5, 5.41) is 6.53. The first-order valence-corrected chi connectivity index (χ1v) is 10.7. The van der Waals surface area contributed by atoms with Crippen molar-refractivity contribution in [1.82, 2.24) is 15.5 Å². The molecular weight excluding hydrogens is 439 g/mol. The Kier molecular flexibility index (Phi) is 16.5. The molecule has 0 heterocycles. The van der Waals surface area contributed by atoms with Crippen molar-refractivity contribution in [2.75, 3.05) is 44.2 Å². The first kappa shape index (κ1) is 26.1. The van der Waals surface area contributed by atoms with Crippen LogP contribution in [-0.2, 0) is 9.84 Å². The highest BCUT2D eigenvalue weighted by molar-refractivity contribution is 14.0. The predicted molar refractivity (Wildman–Crippen MR) is 115 cm³/mol. The molecular formula is C16H37IN4O2S. The predicted octanol–water partition coefficient (Wildman–Crippen LogP) is 2.10. The average molecular weight is 476 g/mol. The van der Waals surface area contributed by atoms with Gasteiger partial charge in [-0.1, -0.05) is 20.8 Å². The van der Waals surface area contributed by atoms with Crippen LogP contribution in [0.15, 0.2) is 4.99 Å². The van der Waals surface area contributed by atoms with Crippen molar-refractivity contribution in [2.45, 2.75) is 53.5 Å². The molecule has 1 unspecified atom stereocenters.